The second-order valence-corrected chi connectivity index (χ2v) is 13.4. The topological polar surface area (TPSA) is 265 Å². The number of urea groups is 1. The van der Waals surface area contributed by atoms with Gasteiger partial charge in [0, 0.05) is 6.42 Å². The normalized spacial score (nSPS) is 14.2. The number of benzene rings is 1. The molecule has 6 atom stereocenters. The van der Waals surface area contributed by atoms with E-state index in [0.29, 0.717) is 6.42 Å². The lowest BCUT2D eigenvalue weighted by molar-refractivity contribution is -0.146. The van der Waals surface area contributed by atoms with Crippen molar-refractivity contribution in [2.45, 2.75) is 111 Å². The first kappa shape index (κ1) is 45.6. The van der Waals surface area contributed by atoms with Crippen molar-refractivity contribution in [1.29, 1.82) is 0 Å². The van der Waals surface area contributed by atoms with E-state index in [1.807, 2.05) is 6.07 Å². The summed E-state index contributed by atoms with van der Waals surface area (Å²) in [5.74, 6) is -5.29. The molecule has 1 aromatic carbocycles. The molecule has 8 amide bonds. The van der Waals surface area contributed by atoms with Crippen LogP contribution < -0.4 is 43.2 Å². The molecule has 0 aliphatic rings. The van der Waals surface area contributed by atoms with Crippen LogP contribution in [0, 0.1) is 17.8 Å². The van der Waals surface area contributed by atoms with E-state index in [0.717, 1.165) is 5.56 Å². The fraction of sp³-hybridized carbons (Fsp3) is 0.600. The summed E-state index contributed by atoms with van der Waals surface area (Å²) in [5, 5.41) is 12.5. The molecule has 0 fully saturated rings. The minimum absolute atomic E-state index is 0.0196. The largest absolute Gasteiger partial charge is 0.467 e. The molecule has 0 unspecified atom stereocenters. The van der Waals surface area contributed by atoms with Crippen molar-refractivity contribution in [2.75, 3.05) is 7.11 Å². The number of alkyl carbamates (subject to hydrolysis) is 1. The molecule has 0 heterocycles. The van der Waals surface area contributed by atoms with Crippen LogP contribution in [0.15, 0.2) is 30.3 Å². The van der Waals surface area contributed by atoms with Gasteiger partial charge in [0.05, 0.1) is 7.11 Å². The Kier molecular flexibility index (Phi) is 20.0. The van der Waals surface area contributed by atoms with Gasteiger partial charge >= 0.3 is 18.1 Å². The molecule has 18 heteroatoms. The summed E-state index contributed by atoms with van der Waals surface area (Å²) in [6.45, 7) is 11.9. The summed E-state index contributed by atoms with van der Waals surface area (Å²) in [5.41, 5.74) is 10.3. The van der Waals surface area contributed by atoms with Crippen molar-refractivity contribution in [3.63, 3.8) is 0 Å². The Hall–Kier alpha value is -5.42. The summed E-state index contributed by atoms with van der Waals surface area (Å²) in [6.07, 6.45) is -0.812. The monoisotopic (exact) mass is 748 g/mol. The van der Waals surface area contributed by atoms with Crippen LogP contribution in [-0.4, -0.2) is 84.9 Å². The van der Waals surface area contributed by atoms with Crippen molar-refractivity contribution in [1.82, 2.24) is 37.4 Å². The molecule has 0 radical (unpaired) electrons. The zero-order valence-corrected chi connectivity index (χ0v) is 31.7. The molecule has 0 saturated heterocycles. The Balaban J connectivity index is 2.96. The van der Waals surface area contributed by atoms with Gasteiger partial charge in [-0.1, -0.05) is 78.3 Å². The number of esters is 1. The SMILES string of the molecule is CC[C@H](C)[C@H](NC(=O)NNC(=O)[C@H](CCC(N)=O)NC(=O)[C@H](CC(C)C)NC(=O)[C@H](C)NC(=O)OCc1ccccc1)C(=O)N[C@H](C(=O)OC)C(C)C. The molecule has 9 N–H and O–H groups in total. The van der Waals surface area contributed by atoms with E-state index in [1.54, 1.807) is 65.8 Å². The third kappa shape index (κ3) is 17.1. The van der Waals surface area contributed by atoms with Crippen LogP contribution in [0.25, 0.3) is 0 Å². The van der Waals surface area contributed by atoms with Gasteiger partial charge < -0.3 is 41.8 Å². The number of carbonyl (C=O) groups excluding carboxylic acids is 8. The maximum Gasteiger partial charge on any atom is 0.408 e. The van der Waals surface area contributed by atoms with Gasteiger partial charge in [-0.15, -0.1) is 0 Å². The predicted molar refractivity (Wildman–Crippen MR) is 193 cm³/mol. The molecule has 0 aromatic heterocycles. The maximum atomic E-state index is 13.4. The summed E-state index contributed by atoms with van der Waals surface area (Å²) in [7, 11) is 1.19. The number of hydrogen-bond acceptors (Lipinski definition) is 10. The summed E-state index contributed by atoms with van der Waals surface area (Å²) >= 11 is 0. The second kappa shape index (κ2) is 23.2. The van der Waals surface area contributed by atoms with E-state index in [1.165, 1.54) is 14.0 Å². The van der Waals surface area contributed by atoms with E-state index >= 15 is 0 Å². The first-order valence-electron chi connectivity index (χ1n) is 17.5. The van der Waals surface area contributed by atoms with Gasteiger partial charge in [0.25, 0.3) is 5.91 Å². The quantitative estimate of drug-likeness (QED) is 0.0681. The molecule has 296 valence electrons. The average molecular weight is 749 g/mol. The number of hydrogen-bond donors (Lipinski definition) is 8. The number of amides is 8. The number of rotatable bonds is 20. The predicted octanol–water partition coefficient (Wildman–Crippen LogP) is 0.641. The minimum Gasteiger partial charge on any atom is -0.467 e. The van der Waals surface area contributed by atoms with Gasteiger partial charge in [-0.2, -0.15) is 0 Å². The van der Waals surface area contributed by atoms with Crippen LogP contribution in [0.5, 0.6) is 0 Å². The van der Waals surface area contributed by atoms with Crippen molar-refractivity contribution < 1.29 is 47.8 Å². The smallest absolute Gasteiger partial charge is 0.408 e. The van der Waals surface area contributed by atoms with Crippen molar-refractivity contribution in [3.05, 3.63) is 35.9 Å². The number of ether oxygens (including phenoxy) is 2. The van der Waals surface area contributed by atoms with Gasteiger partial charge in [0.1, 0.15) is 36.8 Å². The molecule has 0 aliphatic carbocycles. The van der Waals surface area contributed by atoms with Crippen LogP contribution in [-0.2, 0) is 44.8 Å². The van der Waals surface area contributed by atoms with Gasteiger partial charge in [-0.25, -0.2) is 19.8 Å². The van der Waals surface area contributed by atoms with Crippen molar-refractivity contribution in [2.24, 2.45) is 23.5 Å². The molecule has 0 aliphatic heterocycles. The Morgan fingerprint density at radius 3 is 1.89 bits per heavy atom. The number of nitrogens with two attached hydrogens (primary N) is 1. The molecular weight excluding hydrogens is 692 g/mol. The van der Waals surface area contributed by atoms with Crippen LogP contribution in [0.2, 0.25) is 0 Å². The lowest BCUT2D eigenvalue weighted by Gasteiger charge is -2.27. The second-order valence-electron chi connectivity index (χ2n) is 13.4. The molecule has 0 bridgehead atoms. The molecule has 18 nitrogen and oxygen atoms in total. The molecule has 1 aromatic rings. The van der Waals surface area contributed by atoms with Crippen LogP contribution in [0.1, 0.15) is 79.7 Å². The van der Waals surface area contributed by atoms with E-state index in [-0.39, 0.29) is 37.7 Å². The number of nitrogens with one attached hydrogen (secondary N) is 7. The van der Waals surface area contributed by atoms with Crippen LogP contribution in [0.4, 0.5) is 9.59 Å². The van der Waals surface area contributed by atoms with Gasteiger partial charge in [0.15, 0.2) is 0 Å². The molecule has 0 saturated carbocycles. The standard InChI is InChI=1S/C35H56N8O10/c1-9-21(6)28(32(48)40-27(20(4)5)33(49)52-8)41-34(50)43-42-31(47)24(15-16-26(36)44)38-30(46)25(17-19(2)3)39-29(45)22(7)37-35(51)53-18-23-13-11-10-12-14-23/h10-14,19-22,24-25,27-28H,9,15-18H2,1-8H3,(H2,36,44)(H,37,51)(H,38,46)(H,39,45)(H,40,48)(H,42,47)(H2,41,43,50)/t21-,22-,24-,25-,27-,28-/m0/s1. The number of methoxy groups -OCH3 is 1. The van der Waals surface area contributed by atoms with E-state index in [4.69, 9.17) is 15.2 Å². The maximum absolute atomic E-state index is 13.4. The third-order valence-corrected chi connectivity index (χ3v) is 8.09. The Morgan fingerprint density at radius 1 is 0.717 bits per heavy atom. The zero-order valence-electron chi connectivity index (χ0n) is 31.7. The zero-order chi connectivity index (χ0) is 40.2. The first-order valence-corrected chi connectivity index (χ1v) is 17.5. The lowest BCUT2D eigenvalue weighted by Crippen LogP contribution is -2.61. The molecule has 53 heavy (non-hydrogen) atoms. The van der Waals surface area contributed by atoms with E-state index < -0.39 is 83.8 Å². The Bertz CT molecular complexity index is 1410. The van der Waals surface area contributed by atoms with Crippen LogP contribution in [0.3, 0.4) is 0 Å². The highest BCUT2D eigenvalue weighted by Crippen LogP contribution is 2.11. The van der Waals surface area contributed by atoms with Crippen LogP contribution >= 0.6 is 0 Å². The number of hydrazine groups is 1. The van der Waals surface area contributed by atoms with E-state index in [2.05, 4.69) is 37.4 Å². The highest BCUT2D eigenvalue weighted by Gasteiger charge is 2.33. The lowest BCUT2D eigenvalue weighted by atomic mass is 9.97. The highest BCUT2D eigenvalue weighted by atomic mass is 16.5. The summed E-state index contributed by atoms with van der Waals surface area (Å²) in [6, 6.07) is 2.19. The summed E-state index contributed by atoms with van der Waals surface area (Å²) < 4.78 is 9.92. The fourth-order valence-electron chi connectivity index (χ4n) is 4.79. The van der Waals surface area contributed by atoms with Gasteiger partial charge in [-0.05, 0) is 43.1 Å². The number of primary amides is 1. The molecule has 1 rings (SSSR count). The van der Waals surface area contributed by atoms with Crippen molar-refractivity contribution >= 4 is 47.6 Å². The Morgan fingerprint density at radius 2 is 1.34 bits per heavy atom. The van der Waals surface area contributed by atoms with E-state index in [9.17, 15) is 38.4 Å². The minimum atomic E-state index is -1.40. The highest BCUT2D eigenvalue weighted by molar-refractivity contribution is 5.95. The Labute approximate surface area is 310 Å². The molecular formula is C35H56N8O10. The average Bonchev–Trinajstić information content (AvgIpc) is 3.11. The number of carbonyl (C=O) groups is 8. The third-order valence-electron chi connectivity index (χ3n) is 8.09. The molecule has 0 spiro atoms. The first-order chi connectivity index (χ1) is 24.9. The van der Waals surface area contributed by atoms with Crippen molar-refractivity contribution in [3.8, 4) is 0 Å². The van der Waals surface area contributed by atoms with Gasteiger partial charge in [0.2, 0.25) is 23.6 Å². The van der Waals surface area contributed by atoms with Gasteiger partial charge in [-0.3, -0.25) is 29.4 Å². The fourth-order valence-corrected chi connectivity index (χ4v) is 4.79. The summed E-state index contributed by atoms with van der Waals surface area (Å²) in [4.78, 5) is 102.